The van der Waals surface area contributed by atoms with E-state index in [2.05, 4.69) is 4.90 Å². The van der Waals surface area contributed by atoms with Crippen molar-refractivity contribution >= 4 is 21.5 Å². The van der Waals surface area contributed by atoms with Gasteiger partial charge in [0.05, 0.1) is 18.9 Å². The van der Waals surface area contributed by atoms with E-state index in [4.69, 9.17) is 14.5 Å². The third-order valence-corrected chi connectivity index (χ3v) is 6.27. The molecule has 0 radical (unpaired) electrons. The predicted octanol–water partition coefficient (Wildman–Crippen LogP) is 2.85. The first-order valence-corrected chi connectivity index (χ1v) is 11.0. The fourth-order valence-electron chi connectivity index (χ4n) is 3.51. The minimum absolute atomic E-state index is 0.436. The molecule has 148 valence electrons. The first-order chi connectivity index (χ1) is 13.5. The molecule has 0 saturated carbocycles. The molecule has 0 bridgehead atoms. The minimum Gasteiger partial charge on any atom is -0.497 e. The van der Waals surface area contributed by atoms with Crippen molar-refractivity contribution in [2.45, 2.75) is 6.42 Å². The van der Waals surface area contributed by atoms with Crippen molar-refractivity contribution < 1.29 is 17.9 Å². The minimum atomic E-state index is -3.20. The average molecular weight is 401 g/mol. The largest absolute Gasteiger partial charge is 0.497 e. The lowest BCUT2D eigenvalue weighted by molar-refractivity contribution is 0.406. The zero-order chi connectivity index (χ0) is 19.7. The molecule has 0 unspecified atom stereocenters. The fraction of sp³-hybridized carbons (Fsp3) is 0.350. The van der Waals surface area contributed by atoms with Crippen molar-refractivity contribution in [3.8, 4) is 17.2 Å². The number of fused-ring (bicyclic) bond motifs is 2. The standard InChI is InChI=1S/C20H23N3O4S/c1-26-15-8-9-16-19(14-15)27-18-7-4-3-6-17(18)21-20(16)22-10-5-11-23(13-12-22)28(2,24)25/h3-4,6-9,14H,5,10-13H2,1-2H3. The van der Waals surface area contributed by atoms with E-state index in [0.717, 1.165) is 30.1 Å². The summed E-state index contributed by atoms with van der Waals surface area (Å²) in [6.07, 6.45) is 2.00. The Labute approximate surface area is 165 Å². The number of ether oxygens (including phenoxy) is 2. The van der Waals surface area contributed by atoms with Crippen LogP contribution in [0.1, 0.15) is 12.0 Å². The Bertz CT molecular complexity index is 1020. The van der Waals surface area contributed by atoms with Gasteiger partial charge in [-0.2, -0.15) is 0 Å². The van der Waals surface area contributed by atoms with E-state index in [9.17, 15) is 8.42 Å². The van der Waals surface area contributed by atoms with Crippen molar-refractivity contribution in [3.63, 3.8) is 0 Å². The molecule has 2 aliphatic heterocycles. The molecule has 0 amide bonds. The lowest BCUT2D eigenvalue weighted by Gasteiger charge is -2.25. The van der Waals surface area contributed by atoms with Crippen molar-refractivity contribution in [1.29, 1.82) is 0 Å². The van der Waals surface area contributed by atoms with Gasteiger partial charge in [-0.05, 0) is 30.7 Å². The van der Waals surface area contributed by atoms with E-state index in [0.29, 0.717) is 36.9 Å². The molecule has 0 aliphatic carbocycles. The quantitative estimate of drug-likeness (QED) is 0.774. The summed E-state index contributed by atoms with van der Waals surface area (Å²) in [4.78, 5) is 7.04. The summed E-state index contributed by atoms with van der Waals surface area (Å²) in [5.74, 6) is 2.85. The number of aliphatic imine (C=N–C) groups is 1. The monoisotopic (exact) mass is 401 g/mol. The molecule has 0 atom stereocenters. The topological polar surface area (TPSA) is 71.4 Å². The molecule has 4 rings (SSSR count). The highest BCUT2D eigenvalue weighted by Crippen LogP contribution is 2.39. The third kappa shape index (κ3) is 3.70. The molecule has 0 N–H and O–H groups in total. The van der Waals surface area contributed by atoms with Gasteiger partial charge < -0.3 is 14.4 Å². The van der Waals surface area contributed by atoms with Crippen molar-refractivity contribution in [2.24, 2.45) is 4.99 Å². The Morgan fingerprint density at radius 1 is 1.04 bits per heavy atom. The Morgan fingerprint density at radius 3 is 2.64 bits per heavy atom. The first-order valence-electron chi connectivity index (χ1n) is 9.20. The van der Waals surface area contributed by atoms with Gasteiger partial charge in [0.1, 0.15) is 23.0 Å². The predicted molar refractivity (Wildman–Crippen MR) is 108 cm³/mol. The van der Waals surface area contributed by atoms with Gasteiger partial charge in [-0.15, -0.1) is 0 Å². The van der Waals surface area contributed by atoms with Crippen LogP contribution in [0.4, 0.5) is 5.69 Å². The first kappa shape index (κ1) is 18.8. The van der Waals surface area contributed by atoms with Gasteiger partial charge in [0.25, 0.3) is 0 Å². The molecule has 2 aromatic rings. The molecular formula is C20H23N3O4S. The average Bonchev–Trinajstić information content (AvgIpc) is 3.01. The summed E-state index contributed by atoms with van der Waals surface area (Å²) in [5.41, 5.74) is 1.61. The van der Waals surface area contributed by atoms with Crippen LogP contribution >= 0.6 is 0 Å². The molecule has 7 nitrogen and oxygen atoms in total. The molecule has 0 spiro atoms. The Balaban J connectivity index is 1.75. The van der Waals surface area contributed by atoms with Gasteiger partial charge in [0.2, 0.25) is 10.0 Å². The van der Waals surface area contributed by atoms with Crippen molar-refractivity contribution in [2.75, 3.05) is 39.5 Å². The van der Waals surface area contributed by atoms with E-state index in [1.807, 2.05) is 42.5 Å². The van der Waals surface area contributed by atoms with Gasteiger partial charge in [0, 0.05) is 32.2 Å². The van der Waals surface area contributed by atoms with Crippen molar-refractivity contribution in [1.82, 2.24) is 9.21 Å². The Morgan fingerprint density at radius 2 is 1.86 bits per heavy atom. The number of hydrogen-bond donors (Lipinski definition) is 0. The van der Waals surface area contributed by atoms with Crippen LogP contribution < -0.4 is 9.47 Å². The van der Waals surface area contributed by atoms with Crippen LogP contribution in [0.3, 0.4) is 0 Å². The molecule has 1 fully saturated rings. The van der Waals surface area contributed by atoms with Gasteiger partial charge >= 0.3 is 0 Å². The molecule has 2 aliphatic rings. The molecule has 2 aromatic carbocycles. The normalized spacial score (nSPS) is 17.5. The van der Waals surface area contributed by atoms with Crippen molar-refractivity contribution in [3.05, 3.63) is 48.0 Å². The van der Waals surface area contributed by atoms with Crippen LogP contribution in [0.2, 0.25) is 0 Å². The maximum Gasteiger partial charge on any atom is 0.211 e. The highest BCUT2D eigenvalue weighted by molar-refractivity contribution is 7.88. The number of hydrogen-bond acceptors (Lipinski definition) is 6. The second-order valence-corrected chi connectivity index (χ2v) is 8.85. The number of para-hydroxylation sites is 2. The maximum absolute atomic E-state index is 12.0. The summed E-state index contributed by atoms with van der Waals surface area (Å²) < 4.78 is 36.9. The van der Waals surface area contributed by atoms with Crippen LogP contribution in [0, 0.1) is 0 Å². The van der Waals surface area contributed by atoms with E-state index < -0.39 is 10.0 Å². The van der Waals surface area contributed by atoms with Crippen LogP contribution in [0.5, 0.6) is 17.2 Å². The summed E-state index contributed by atoms with van der Waals surface area (Å²) in [6.45, 7) is 2.25. The Hall–Kier alpha value is -2.58. The number of nitrogens with zero attached hydrogens (tertiary/aromatic N) is 3. The Kier molecular flexibility index (Phi) is 4.99. The van der Waals surface area contributed by atoms with Gasteiger partial charge in [-0.25, -0.2) is 17.7 Å². The molecule has 8 heteroatoms. The third-order valence-electron chi connectivity index (χ3n) is 4.96. The number of amidine groups is 1. The molecular weight excluding hydrogens is 378 g/mol. The lowest BCUT2D eigenvalue weighted by atomic mass is 10.1. The molecule has 0 aromatic heterocycles. The number of sulfonamides is 1. The second kappa shape index (κ2) is 7.44. The van der Waals surface area contributed by atoms with E-state index >= 15 is 0 Å². The van der Waals surface area contributed by atoms with E-state index in [-0.39, 0.29) is 0 Å². The van der Waals surface area contributed by atoms with E-state index in [1.165, 1.54) is 10.6 Å². The van der Waals surface area contributed by atoms with Crippen LogP contribution in [-0.4, -0.2) is 63.0 Å². The van der Waals surface area contributed by atoms with Gasteiger partial charge in [-0.3, -0.25) is 0 Å². The summed E-state index contributed by atoms with van der Waals surface area (Å²) in [5, 5.41) is 0. The fourth-order valence-corrected chi connectivity index (χ4v) is 4.38. The highest BCUT2D eigenvalue weighted by Gasteiger charge is 2.27. The molecule has 2 heterocycles. The smallest absolute Gasteiger partial charge is 0.211 e. The van der Waals surface area contributed by atoms with Crippen LogP contribution in [0.15, 0.2) is 47.5 Å². The molecule has 1 saturated heterocycles. The second-order valence-electron chi connectivity index (χ2n) is 6.87. The highest BCUT2D eigenvalue weighted by atomic mass is 32.2. The van der Waals surface area contributed by atoms with Crippen LogP contribution in [0.25, 0.3) is 0 Å². The van der Waals surface area contributed by atoms with Crippen LogP contribution in [-0.2, 0) is 10.0 Å². The van der Waals surface area contributed by atoms with Gasteiger partial charge in [-0.1, -0.05) is 12.1 Å². The van der Waals surface area contributed by atoms with Gasteiger partial charge in [0.15, 0.2) is 5.75 Å². The summed E-state index contributed by atoms with van der Waals surface area (Å²) in [6, 6.07) is 13.3. The maximum atomic E-state index is 12.0. The lowest BCUT2D eigenvalue weighted by Crippen LogP contribution is -2.37. The number of benzene rings is 2. The SMILES string of the molecule is COc1ccc2c(c1)Oc1ccccc1N=C2N1CCCN(S(C)(=O)=O)CC1. The summed E-state index contributed by atoms with van der Waals surface area (Å²) in [7, 11) is -1.58. The molecule has 28 heavy (non-hydrogen) atoms. The number of rotatable bonds is 2. The number of methoxy groups -OCH3 is 1. The van der Waals surface area contributed by atoms with E-state index in [1.54, 1.807) is 7.11 Å². The summed E-state index contributed by atoms with van der Waals surface area (Å²) >= 11 is 0. The zero-order valence-corrected chi connectivity index (χ0v) is 16.8. The zero-order valence-electron chi connectivity index (χ0n) is 16.0.